The maximum atomic E-state index is 12.8. The Balaban J connectivity index is 1.16. The standard InChI is InChI=1S/C35H32N2O6S/c1-22(39)36-27-14-16-29(17-15-27)44-21-28-18-32(25-10-8-24(20-38)9-11-25)43-35(42-28)26-12-6-23(7-13-26)19-37-33(40)30-4-2-3-5-31(30)34(37)41/h2-17,28,32,35,38H,18-21H2,1H3,(H,36,39)/t28-,32+,35+/m0/s1. The fourth-order valence-electron chi connectivity index (χ4n) is 5.40. The van der Waals surface area contributed by atoms with Crippen molar-refractivity contribution in [3.63, 3.8) is 0 Å². The number of thioether (sulfide) groups is 1. The van der Waals surface area contributed by atoms with Crippen LogP contribution in [0.3, 0.4) is 0 Å². The van der Waals surface area contributed by atoms with Crippen molar-refractivity contribution in [3.05, 3.63) is 130 Å². The summed E-state index contributed by atoms with van der Waals surface area (Å²) < 4.78 is 12.9. The van der Waals surface area contributed by atoms with Crippen molar-refractivity contribution in [1.82, 2.24) is 4.90 Å². The molecule has 0 unspecified atom stereocenters. The van der Waals surface area contributed by atoms with Crippen molar-refractivity contribution in [2.45, 2.75) is 49.9 Å². The molecular weight excluding hydrogens is 576 g/mol. The van der Waals surface area contributed by atoms with Gasteiger partial charge in [0, 0.05) is 35.2 Å². The molecule has 8 nitrogen and oxygen atoms in total. The van der Waals surface area contributed by atoms with Crippen LogP contribution in [-0.2, 0) is 27.4 Å². The molecule has 0 spiro atoms. The number of carbonyl (C=O) groups is 3. The lowest BCUT2D eigenvalue weighted by atomic mass is 10.0. The highest BCUT2D eigenvalue weighted by Crippen LogP contribution is 2.39. The molecule has 0 radical (unpaired) electrons. The van der Waals surface area contributed by atoms with E-state index in [9.17, 15) is 19.5 Å². The molecule has 0 bridgehead atoms. The van der Waals surface area contributed by atoms with E-state index in [1.807, 2.05) is 72.8 Å². The number of ether oxygens (including phenoxy) is 2. The third kappa shape index (κ3) is 6.61. The number of aliphatic hydroxyl groups excluding tert-OH is 1. The topological polar surface area (TPSA) is 105 Å². The van der Waals surface area contributed by atoms with Crippen LogP contribution in [0.15, 0.2) is 102 Å². The van der Waals surface area contributed by atoms with E-state index in [2.05, 4.69) is 5.32 Å². The highest BCUT2D eigenvalue weighted by atomic mass is 32.2. The second kappa shape index (κ2) is 13.2. The minimum Gasteiger partial charge on any atom is -0.392 e. The predicted octanol–water partition coefficient (Wildman–Crippen LogP) is 6.27. The smallest absolute Gasteiger partial charge is 0.261 e. The number of fused-ring (bicyclic) bond motifs is 1. The lowest BCUT2D eigenvalue weighted by molar-refractivity contribution is -0.245. The van der Waals surface area contributed by atoms with Gasteiger partial charge in [0.25, 0.3) is 11.8 Å². The van der Waals surface area contributed by atoms with Crippen molar-refractivity contribution >= 4 is 35.2 Å². The van der Waals surface area contributed by atoms with Gasteiger partial charge in [0.2, 0.25) is 5.91 Å². The molecule has 2 N–H and O–H groups in total. The maximum absolute atomic E-state index is 12.8. The van der Waals surface area contributed by atoms with Crippen LogP contribution in [0.25, 0.3) is 0 Å². The third-order valence-electron chi connectivity index (χ3n) is 7.70. The summed E-state index contributed by atoms with van der Waals surface area (Å²) in [4.78, 5) is 39.3. The van der Waals surface area contributed by atoms with Gasteiger partial charge >= 0.3 is 0 Å². The Morgan fingerprint density at radius 3 is 2.07 bits per heavy atom. The Morgan fingerprint density at radius 2 is 1.45 bits per heavy atom. The summed E-state index contributed by atoms with van der Waals surface area (Å²) in [7, 11) is 0. The first kappa shape index (κ1) is 29.8. The zero-order valence-corrected chi connectivity index (χ0v) is 25.0. The fraction of sp³-hybridized carbons (Fsp3) is 0.229. The van der Waals surface area contributed by atoms with Crippen LogP contribution in [0, 0.1) is 0 Å². The summed E-state index contributed by atoms with van der Waals surface area (Å²) in [6.45, 7) is 1.64. The van der Waals surface area contributed by atoms with Crippen LogP contribution in [0.4, 0.5) is 5.69 Å². The molecule has 9 heteroatoms. The largest absolute Gasteiger partial charge is 0.392 e. The maximum Gasteiger partial charge on any atom is 0.261 e. The summed E-state index contributed by atoms with van der Waals surface area (Å²) in [5.74, 6) is 0.0202. The van der Waals surface area contributed by atoms with E-state index in [1.54, 1.807) is 36.0 Å². The highest BCUT2D eigenvalue weighted by molar-refractivity contribution is 7.99. The number of carbonyl (C=O) groups excluding carboxylic acids is 3. The molecular formula is C35H32N2O6S. The van der Waals surface area contributed by atoms with Gasteiger partial charge in [-0.1, -0.05) is 60.7 Å². The Morgan fingerprint density at radius 1 is 0.841 bits per heavy atom. The van der Waals surface area contributed by atoms with E-state index in [0.29, 0.717) is 23.3 Å². The number of rotatable bonds is 9. The minimum atomic E-state index is -0.618. The number of nitrogens with zero attached hydrogens (tertiary/aromatic N) is 1. The molecule has 224 valence electrons. The van der Waals surface area contributed by atoms with E-state index in [4.69, 9.17) is 9.47 Å². The summed E-state index contributed by atoms with van der Waals surface area (Å²) >= 11 is 1.67. The van der Waals surface area contributed by atoms with Crippen molar-refractivity contribution in [2.75, 3.05) is 11.1 Å². The van der Waals surface area contributed by atoms with Crippen LogP contribution < -0.4 is 5.32 Å². The quantitative estimate of drug-likeness (QED) is 0.170. The van der Waals surface area contributed by atoms with Crippen LogP contribution in [0.2, 0.25) is 0 Å². The first-order valence-electron chi connectivity index (χ1n) is 14.4. The van der Waals surface area contributed by atoms with E-state index in [-0.39, 0.29) is 43.1 Å². The molecule has 2 heterocycles. The second-order valence-electron chi connectivity index (χ2n) is 10.9. The second-order valence-corrected chi connectivity index (χ2v) is 11.9. The summed E-state index contributed by atoms with van der Waals surface area (Å²) in [6, 6.07) is 30.0. The zero-order valence-electron chi connectivity index (χ0n) is 24.1. The first-order valence-corrected chi connectivity index (χ1v) is 15.4. The molecule has 2 aliphatic heterocycles. The third-order valence-corrected chi connectivity index (χ3v) is 8.84. The average Bonchev–Trinajstić information content (AvgIpc) is 3.29. The van der Waals surface area contributed by atoms with Crippen molar-refractivity contribution in [1.29, 1.82) is 0 Å². The van der Waals surface area contributed by atoms with Crippen molar-refractivity contribution in [2.24, 2.45) is 0 Å². The van der Waals surface area contributed by atoms with Gasteiger partial charge in [-0.25, -0.2) is 0 Å². The molecule has 1 fully saturated rings. The van der Waals surface area contributed by atoms with Crippen molar-refractivity contribution < 1.29 is 29.0 Å². The lowest BCUT2D eigenvalue weighted by Crippen LogP contribution is -2.31. The van der Waals surface area contributed by atoms with E-state index < -0.39 is 6.29 Å². The summed E-state index contributed by atoms with van der Waals surface area (Å²) in [5.41, 5.74) is 5.12. The van der Waals surface area contributed by atoms with Crippen LogP contribution in [-0.4, -0.2) is 39.6 Å². The molecule has 4 aromatic carbocycles. The number of nitrogens with one attached hydrogen (secondary N) is 1. The van der Waals surface area contributed by atoms with Gasteiger partial charge in [0.1, 0.15) is 0 Å². The normalized spacial score (nSPS) is 19.6. The number of aliphatic hydroxyl groups is 1. The monoisotopic (exact) mass is 608 g/mol. The highest BCUT2D eigenvalue weighted by Gasteiger charge is 2.35. The molecule has 0 aliphatic carbocycles. The number of benzene rings is 4. The molecule has 4 aromatic rings. The lowest BCUT2D eigenvalue weighted by Gasteiger charge is -2.36. The van der Waals surface area contributed by atoms with Crippen molar-refractivity contribution in [3.8, 4) is 0 Å². The Labute approximate surface area is 260 Å². The zero-order chi connectivity index (χ0) is 30.6. The van der Waals surface area contributed by atoms with Gasteiger partial charge in [-0.15, -0.1) is 11.8 Å². The van der Waals surface area contributed by atoms with Crippen LogP contribution >= 0.6 is 11.8 Å². The van der Waals surface area contributed by atoms with Crippen LogP contribution in [0.5, 0.6) is 0 Å². The number of imide groups is 1. The number of hydrogen-bond donors (Lipinski definition) is 2. The Hall–Kier alpha value is -4.28. The Bertz CT molecular complexity index is 1620. The number of anilines is 1. The van der Waals surface area contributed by atoms with Gasteiger partial charge in [0.05, 0.1) is 36.5 Å². The molecule has 6 rings (SSSR count). The van der Waals surface area contributed by atoms with Gasteiger partial charge in [0.15, 0.2) is 6.29 Å². The molecule has 1 saturated heterocycles. The van der Waals surface area contributed by atoms with E-state index >= 15 is 0 Å². The number of amides is 3. The van der Waals surface area contributed by atoms with Gasteiger partial charge in [-0.2, -0.15) is 0 Å². The van der Waals surface area contributed by atoms with Crippen LogP contribution in [0.1, 0.15) is 68.7 Å². The fourth-order valence-corrected chi connectivity index (χ4v) is 6.32. The predicted molar refractivity (Wildman–Crippen MR) is 167 cm³/mol. The van der Waals surface area contributed by atoms with Gasteiger partial charge in [-0.05, 0) is 53.1 Å². The average molecular weight is 609 g/mol. The molecule has 3 amide bonds. The van der Waals surface area contributed by atoms with Gasteiger partial charge < -0.3 is 19.9 Å². The molecule has 3 atom stereocenters. The Kier molecular flexibility index (Phi) is 8.90. The first-order chi connectivity index (χ1) is 21.4. The minimum absolute atomic E-state index is 0.0232. The summed E-state index contributed by atoms with van der Waals surface area (Å²) in [6.07, 6.45) is -0.294. The van der Waals surface area contributed by atoms with E-state index in [0.717, 1.165) is 32.8 Å². The van der Waals surface area contributed by atoms with Gasteiger partial charge in [-0.3, -0.25) is 19.3 Å². The molecule has 0 saturated carbocycles. The summed E-state index contributed by atoms with van der Waals surface area (Å²) in [5, 5.41) is 12.3. The molecule has 0 aromatic heterocycles. The molecule has 44 heavy (non-hydrogen) atoms. The molecule has 2 aliphatic rings. The SMILES string of the molecule is CC(=O)Nc1ccc(SC[C@@H]2C[C@H](c3ccc(CO)cc3)O[C@H](c3ccc(CN4C(=O)c5ccccc5C4=O)cc3)O2)cc1. The number of hydrogen-bond acceptors (Lipinski definition) is 7. The van der Waals surface area contributed by atoms with E-state index in [1.165, 1.54) is 11.8 Å².